The monoisotopic (exact) mass is 470 g/mol. The van der Waals surface area contributed by atoms with Gasteiger partial charge in [-0.15, -0.1) is 0 Å². The first-order valence-electron chi connectivity index (χ1n) is 13.4. The van der Waals surface area contributed by atoms with Gasteiger partial charge in [-0.2, -0.15) is 0 Å². The van der Waals surface area contributed by atoms with E-state index in [0.29, 0.717) is 0 Å². The highest BCUT2D eigenvalue weighted by molar-refractivity contribution is 5.89. The van der Waals surface area contributed by atoms with E-state index in [9.17, 15) is 0 Å². The zero-order valence-corrected chi connectivity index (χ0v) is 23.1. The summed E-state index contributed by atoms with van der Waals surface area (Å²) in [5, 5.41) is 0. The maximum Gasteiger partial charge on any atom is 0.0352 e. The minimum atomic E-state index is -0.0166. The Bertz CT molecular complexity index is 1500. The van der Waals surface area contributed by atoms with Crippen molar-refractivity contribution in [3.05, 3.63) is 118 Å². The highest BCUT2D eigenvalue weighted by atomic mass is 14.4. The van der Waals surface area contributed by atoms with E-state index >= 15 is 0 Å². The molecule has 2 aliphatic rings. The van der Waals surface area contributed by atoms with E-state index in [4.69, 9.17) is 0 Å². The minimum Gasteiger partial charge on any atom is -0.0622 e. The first-order valence-corrected chi connectivity index (χ1v) is 13.4. The Morgan fingerprint density at radius 2 is 1.08 bits per heavy atom. The molecule has 0 saturated carbocycles. The van der Waals surface area contributed by atoms with Crippen LogP contribution in [0.25, 0.3) is 22.3 Å². The Balaban J connectivity index is 1.60. The molecule has 36 heavy (non-hydrogen) atoms. The van der Waals surface area contributed by atoms with Crippen LogP contribution in [-0.4, -0.2) is 0 Å². The zero-order valence-electron chi connectivity index (χ0n) is 23.1. The molecule has 0 aliphatic heterocycles. The van der Waals surface area contributed by atoms with Crippen LogP contribution in [0.2, 0.25) is 0 Å². The standard InChI is InChI=1S/C36H38/c1-34(2,3)23-14-16-25-27-21-32-28(20-30(27)33(29(25)18-23)22-12-10-9-11-13-22)26-17-15-24(35(4,5)6)19-31(26)36(32,7)8/h9-21,33H,1-8H3. The van der Waals surface area contributed by atoms with Crippen molar-refractivity contribution in [2.45, 2.75) is 77.6 Å². The molecule has 1 unspecified atom stereocenters. The third kappa shape index (κ3) is 3.34. The van der Waals surface area contributed by atoms with Gasteiger partial charge in [0.15, 0.2) is 0 Å². The van der Waals surface area contributed by atoms with Crippen LogP contribution in [0.1, 0.15) is 100 Å². The van der Waals surface area contributed by atoms with Gasteiger partial charge >= 0.3 is 0 Å². The molecule has 0 fully saturated rings. The number of benzene rings is 4. The molecule has 0 N–H and O–H groups in total. The number of fused-ring (bicyclic) bond motifs is 6. The van der Waals surface area contributed by atoms with Crippen molar-refractivity contribution in [1.29, 1.82) is 0 Å². The fourth-order valence-corrected chi connectivity index (χ4v) is 6.42. The fourth-order valence-electron chi connectivity index (χ4n) is 6.42. The van der Waals surface area contributed by atoms with E-state index in [0.717, 1.165) is 0 Å². The quantitative estimate of drug-likeness (QED) is 0.229. The topological polar surface area (TPSA) is 0 Å². The summed E-state index contributed by atoms with van der Waals surface area (Å²) in [5.41, 5.74) is 15.9. The zero-order chi connectivity index (χ0) is 25.6. The SMILES string of the molecule is CC(C)(C)c1ccc2c(c1)C(c1ccccc1)c1cc3c(cc1-2)C(C)(C)c1cc(C(C)(C)C)ccc1-3. The normalized spacial score (nSPS) is 17.4. The summed E-state index contributed by atoms with van der Waals surface area (Å²) < 4.78 is 0. The molecule has 6 rings (SSSR count). The summed E-state index contributed by atoms with van der Waals surface area (Å²) in [7, 11) is 0. The van der Waals surface area contributed by atoms with Crippen LogP contribution in [0, 0.1) is 0 Å². The summed E-state index contributed by atoms with van der Waals surface area (Å²) in [6, 6.07) is 30.6. The molecule has 182 valence electrons. The minimum absolute atomic E-state index is 0.0166. The smallest absolute Gasteiger partial charge is 0.0352 e. The van der Waals surface area contributed by atoms with Crippen LogP contribution in [0.15, 0.2) is 78.9 Å². The lowest BCUT2D eigenvalue weighted by molar-refractivity contribution is 0.584. The Kier molecular flexibility index (Phi) is 4.82. The van der Waals surface area contributed by atoms with Crippen LogP contribution in [0.4, 0.5) is 0 Å². The average molecular weight is 471 g/mol. The molecule has 0 bridgehead atoms. The summed E-state index contributed by atoms with van der Waals surface area (Å²) in [4.78, 5) is 0. The van der Waals surface area contributed by atoms with Crippen molar-refractivity contribution in [1.82, 2.24) is 0 Å². The highest BCUT2D eigenvalue weighted by Gasteiger charge is 2.40. The van der Waals surface area contributed by atoms with Crippen LogP contribution in [-0.2, 0) is 16.2 Å². The van der Waals surface area contributed by atoms with Crippen LogP contribution in [0.3, 0.4) is 0 Å². The van der Waals surface area contributed by atoms with E-state index in [1.807, 2.05) is 0 Å². The molecule has 0 heteroatoms. The van der Waals surface area contributed by atoms with Crippen LogP contribution >= 0.6 is 0 Å². The molecular weight excluding hydrogens is 432 g/mol. The molecule has 0 saturated heterocycles. The molecule has 4 aromatic carbocycles. The molecule has 4 aromatic rings. The maximum absolute atomic E-state index is 2.53. The predicted octanol–water partition coefficient (Wildman–Crippen LogP) is 9.75. The molecule has 1 atom stereocenters. The second-order valence-corrected chi connectivity index (χ2v) is 13.5. The Morgan fingerprint density at radius 1 is 0.528 bits per heavy atom. The van der Waals surface area contributed by atoms with Crippen LogP contribution < -0.4 is 0 Å². The summed E-state index contributed by atoms with van der Waals surface area (Å²) in [6.45, 7) is 18.7. The van der Waals surface area contributed by atoms with Gasteiger partial charge in [-0.25, -0.2) is 0 Å². The van der Waals surface area contributed by atoms with E-state index in [-0.39, 0.29) is 22.2 Å². The van der Waals surface area contributed by atoms with Crippen LogP contribution in [0.5, 0.6) is 0 Å². The summed E-state index contributed by atoms with van der Waals surface area (Å²) in [6.07, 6.45) is 0. The van der Waals surface area contributed by atoms with Gasteiger partial charge in [0, 0.05) is 11.3 Å². The Morgan fingerprint density at radius 3 is 1.72 bits per heavy atom. The largest absolute Gasteiger partial charge is 0.0622 e. The molecule has 0 amide bonds. The summed E-state index contributed by atoms with van der Waals surface area (Å²) >= 11 is 0. The van der Waals surface area contributed by atoms with Gasteiger partial charge in [-0.1, -0.05) is 122 Å². The molecule has 0 nitrogen and oxygen atoms in total. The second-order valence-electron chi connectivity index (χ2n) is 13.5. The maximum atomic E-state index is 2.53. The lowest BCUT2D eigenvalue weighted by Gasteiger charge is -2.25. The van der Waals surface area contributed by atoms with Gasteiger partial charge in [0.25, 0.3) is 0 Å². The molecular formula is C36H38. The van der Waals surface area contributed by atoms with E-state index in [1.165, 1.54) is 61.2 Å². The second kappa shape index (κ2) is 7.45. The van der Waals surface area contributed by atoms with Gasteiger partial charge in [0.05, 0.1) is 0 Å². The number of hydrogen-bond acceptors (Lipinski definition) is 0. The highest BCUT2D eigenvalue weighted by Crippen LogP contribution is 2.56. The van der Waals surface area contributed by atoms with Gasteiger partial charge in [0.2, 0.25) is 0 Å². The van der Waals surface area contributed by atoms with Gasteiger partial charge < -0.3 is 0 Å². The van der Waals surface area contributed by atoms with Crippen molar-refractivity contribution in [2.75, 3.05) is 0 Å². The van der Waals surface area contributed by atoms with Crippen molar-refractivity contribution in [3.63, 3.8) is 0 Å². The first-order chi connectivity index (χ1) is 16.9. The molecule has 0 radical (unpaired) electrons. The average Bonchev–Trinajstić information content (AvgIpc) is 3.25. The number of rotatable bonds is 1. The fraction of sp³-hybridized carbons (Fsp3) is 0.333. The van der Waals surface area contributed by atoms with E-state index in [1.54, 1.807) is 0 Å². The van der Waals surface area contributed by atoms with Crippen molar-refractivity contribution in [3.8, 4) is 22.3 Å². The molecule has 0 aromatic heterocycles. The molecule has 0 spiro atoms. The summed E-state index contributed by atoms with van der Waals surface area (Å²) in [5.74, 6) is 0.268. The van der Waals surface area contributed by atoms with E-state index in [2.05, 4.69) is 134 Å². The lowest BCUT2D eigenvalue weighted by atomic mass is 9.78. The molecule has 2 aliphatic carbocycles. The Labute approximate surface area is 217 Å². The van der Waals surface area contributed by atoms with Crippen molar-refractivity contribution in [2.24, 2.45) is 0 Å². The van der Waals surface area contributed by atoms with Gasteiger partial charge in [-0.3, -0.25) is 0 Å². The van der Waals surface area contributed by atoms with Crippen molar-refractivity contribution < 1.29 is 0 Å². The van der Waals surface area contributed by atoms with Gasteiger partial charge in [0.1, 0.15) is 0 Å². The molecule has 0 heterocycles. The third-order valence-electron chi connectivity index (χ3n) is 8.67. The first kappa shape index (κ1) is 23.3. The lowest BCUT2D eigenvalue weighted by Crippen LogP contribution is -2.17. The third-order valence-corrected chi connectivity index (χ3v) is 8.67. The number of hydrogen-bond donors (Lipinski definition) is 0. The predicted molar refractivity (Wildman–Crippen MR) is 154 cm³/mol. The Hall–Kier alpha value is -3.12. The van der Waals surface area contributed by atoms with Gasteiger partial charge in [-0.05, 0) is 84.2 Å². The van der Waals surface area contributed by atoms with E-state index < -0.39 is 0 Å². The van der Waals surface area contributed by atoms with Crippen molar-refractivity contribution >= 4 is 0 Å².